The average Bonchev–Trinajstić information content (AvgIpc) is 2.04. The lowest BCUT2D eigenvalue weighted by Gasteiger charge is -1.95. The van der Waals surface area contributed by atoms with Gasteiger partial charge in [-0.15, -0.1) is 0 Å². The minimum atomic E-state index is -0.157. The molecular weight excluding hydrogens is 140 g/mol. The van der Waals surface area contributed by atoms with Crippen LogP contribution in [0.15, 0.2) is 24.3 Å². The molecule has 0 unspecified atom stereocenters. The number of allylic oxidation sites excluding steroid dienone is 3. The fourth-order valence-corrected chi connectivity index (χ4v) is 0.488. The van der Waals surface area contributed by atoms with Gasteiger partial charge in [0.05, 0.1) is 0 Å². The number of carbonyl (C=O) groups excluding carboxylic acids is 1. The topological polar surface area (TPSA) is 26.3 Å². The maximum atomic E-state index is 10.6. The van der Waals surface area contributed by atoms with Crippen LogP contribution in [-0.4, -0.2) is 12.6 Å². The van der Waals surface area contributed by atoms with Gasteiger partial charge in [-0.1, -0.05) is 25.2 Å². The first-order valence-electron chi connectivity index (χ1n) is 3.74. The molecule has 0 rings (SSSR count). The molecule has 0 aromatic carbocycles. The van der Waals surface area contributed by atoms with Crippen molar-refractivity contribution in [1.82, 2.24) is 0 Å². The molecule has 0 radical (unpaired) electrons. The first kappa shape index (κ1) is 9.95. The molecule has 0 atom stereocenters. The Labute approximate surface area is 67.6 Å². The molecule has 0 aliphatic heterocycles. The first-order valence-corrected chi connectivity index (χ1v) is 3.74. The van der Waals surface area contributed by atoms with Gasteiger partial charge in [0.25, 0.3) is 0 Å². The Hall–Kier alpha value is -1.05. The van der Waals surface area contributed by atoms with Crippen LogP contribution in [0.25, 0.3) is 0 Å². The van der Waals surface area contributed by atoms with Crippen LogP contribution >= 0.6 is 0 Å². The zero-order valence-electron chi connectivity index (χ0n) is 7.04. The summed E-state index contributed by atoms with van der Waals surface area (Å²) >= 11 is 0. The van der Waals surface area contributed by atoms with E-state index in [4.69, 9.17) is 4.74 Å². The molecule has 0 aliphatic rings. The number of hydrogen-bond acceptors (Lipinski definition) is 2. The molecule has 0 saturated heterocycles. The highest BCUT2D eigenvalue weighted by molar-refractivity contribution is 5.68. The van der Waals surface area contributed by atoms with Crippen molar-refractivity contribution in [3.63, 3.8) is 0 Å². The van der Waals surface area contributed by atoms with Gasteiger partial charge in [0.2, 0.25) is 0 Å². The normalized spacial score (nSPS) is 11.1. The summed E-state index contributed by atoms with van der Waals surface area (Å²) in [5.41, 5.74) is 0. The third-order valence-corrected chi connectivity index (χ3v) is 1.07. The second-order valence-corrected chi connectivity index (χ2v) is 1.99. The fourth-order valence-electron chi connectivity index (χ4n) is 0.488. The molecule has 0 amide bonds. The molecule has 0 saturated carbocycles. The Bertz CT molecular complexity index is 157. The van der Waals surface area contributed by atoms with Gasteiger partial charge in [-0.2, -0.15) is 0 Å². The summed E-state index contributed by atoms with van der Waals surface area (Å²) in [7, 11) is 0. The summed E-state index contributed by atoms with van der Waals surface area (Å²) in [6, 6.07) is 0. The maximum absolute atomic E-state index is 10.6. The molecule has 0 aliphatic carbocycles. The average molecular weight is 154 g/mol. The molecule has 0 N–H and O–H groups in total. The minimum absolute atomic E-state index is 0.157. The summed E-state index contributed by atoms with van der Waals surface area (Å²) < 4.78 is 4.78. The summed E-state index contributed by atoms with van der Waals surface area (Å²) in [4.78, 5) is 10.6. The zero-order chi connectivity index (χ0) is 8.53. The van der Waals surface area contributed by atoms with Crippen LogP contribution in [0.5, 0.6) is 0 Å². The maximum Gasteiger partial charge on any atom is 0.305 e. The first-order chi connectivity index (χ1) is 5.31. The largest absolute Gasteiger partial charge is 0.461 e. The zero-order valence-corrected chi connectivity index (χ0v) is 7.04. The van der Waals surface area contributed by atoms with Crippen LogP contribution in [-0.2, 0) is 9.53 Å². The smallest absolute Gasteiger partial charge is 0.305 e. The molecule has 11 heavy (non-hydrogen) atoms. The lowest BCUT2D eigenvalue weighted by molar-refractivity contribution is -0.141. The quantitative estimate of drug-likeness (QED) is 0.457. The fraction of sp³-hybridized carbons (Fsp3) is 0.444. The number of carbonyl (C=O) groups is 1. The van der Waals surface area contributed by atoms with Crippen molar-refractivity contribution < 1.29 is 9.53 Å². The molecule has 2 heteroatoms. The monoisotopic (exact) mass is 154 g/mol. The van der Waals surface area contributed by atoms with Crippen LogP contribution in [0.4, 0.5) is 0 Å². The van der Waals surface area contributed by atoms with E-state index in [1.165, 1.54) is 0 Å². The van der Waals surface area contributed by atoms with E-state index in [0.717, 1.165) is 0 Å². The van der Waals surface area contributed by atoms with Crippen molar-refractivity contribution in [3.05, 3.63) is 24.3 Å². The minimum Gasteiger partial charge on any atom is -0.461 e. The molecule has 62 valence electrons. The predicted molar refractivity (Wildman–Crippen MR) is 45.2 cm³/mol. The van der Waals surface area contributed by atoms with E-state index >= 15 is 0 Å². The summed E-state index contributed by atoms with van der Waals surface area (Å²) in [6.45, 7) is 4.08. The summed E-state index contributed by atoms with van der Waals surface area (Å²) in [5, 5.41) is 0. The van der Waals surface area contributed by atoms with Crippen LogP contribution in [0.3, 0.4) is 0 Å². The Morgan fingerprint density at radius 1 is 1.45 bits per heavy atom. The third-order valence-electron chi connectivity index (χ3n) is 1.07. The molecule has 0 aromatic heterocycles. The second kappa shape index (κ2) is 7.06. The summed E-state index contributed by atoms with van der Waals surface area (Å²) in [6.07, 6.45) is 7.89. The van der Waals surface area contributed by atoms with Crippen molar-refractivity contribution >= 4 is 5.97 Å². The molecule has 0 fully saturated rings. The molecule has 0 bridgehead atoms. The van der Waals surface area contributed by atoms with Gasteiger partial charge in [-0.05, 0) is 13.0 Å². The van der Waals surface area contributed by atoms with Gasteiger partial charge in [0.1, 0.15) is 6.61 Å². The number of esters is 1. The standard InChI is InChI=1S/C9H14O2/c1-3-5-6-7-8-11-9(10)4-2/h3,5-7H,4,8H2,1-2H3/b5-3+,7-6-. The van der Waals surface area contributed by atoms with Crippen molar-refractivity contribution in [1.29, 1.82) is 0 Å². The second-order valence-electron chi connectivity index (χ2n) is 1.99. The van der Waals surface area contributed by atoms with Gasteiger partial charge < -0.3 is 4.74 Å². The van der Waals surface area contributed by atoms with Gasteiger partial charge >= 0.3 is 5.97 Å². The summed E-state index contributed by atoms with van der Waals surface area (Å²) in [5.74, 6) is -0.157. The third kappa shape index (κ3) is 6.84. The van der Waals surface area contributed by atoms with E-state index in [2.05, 4.69) is 0 Å². The highest BCUT2D eigenvalue weighted by Gasteiger charge is 1.92. The number of ether oxygens (including phenoxy) is 1. The molecule has 0 spiro atoms. The predicted octanol–water partition coefficient (Wildman–Crippen LogP) is 2.07. The number of rotatable bonds is 4. The Morgan fingerprint density at radius 2 is 2.18 bits per heavy atom. The van der Waals surface area contributed by atoms with Crippen LogP contribution in [0.2, 0.25) is 0 Å². The highest BCUT2D eigenvalue weighted by Crippen LogP contribution is 1.85. The Balaban J connectivity index is 3.33. The van der Waals surface area contributed by atoms with Gasteiger partial charge in [0.15, 0.2) is 0 Å². The SMILES string of the molecule is C/C=C/C=C\COC(=O)CC. The molecular formula is C9H14O2. The van der Waals surface area contributed by atoms with Crippen molar-refractivity contribution in [2.24, 2.45) is 0 Å². The van der Waals surface area contributed by atoms with Gasteiger partial charge in [0, 0.05) is 6.42 Å². The molecule has 0 aromatic rings. The van der Waals surface area contributed by atoms with E-state index in [-0.39, 0.29) is 5.97 Å². The van der Waals surface area contributed by atoms with E-state index in [1.807, 2.05) is 25.2 Å². The molecule has 2 nitrogen and oxygen atoms in total. The Kier molecular flexibility index (Phi) is 6.39. The van der Waals surface area contributed by atoms with Crippen LogP contribution < -0.4 is 0 Å². The lowest BCUT2D eigenvalue weighted by atomic mass is 10.4. The van der Waals surface area contributed by atoms with Gasteiger partial charge in [-0.25, -0.2) is 0 Å². The van der Waals surface area contributed by atoms with E-state index < -0.39 is 0 Å². The van der Waals surface area contributed by atoms with Crippen molar-refractivity contribution in [2.45, 2.75) is 20.3 Å². The van der Waals surface area contributed by atoms with E-state index in [9.17, 15) is 4.79 Å². The van der Waals surface area contributed by atoms with Crippen molar-refractivity contribution in [3.8, 4) is 0 Å². The van der Waals surface area contributed by atoms with Crippen LogP contribution in [0, 0.1) is 0 Å². The lowest BCUT2D eigenvalue weighted by Crippen LogP contribution is -2.01. The van der Waals surface area contributed by atoms with E-state index in [1.54, 1.807) is 13.0 Å². The van der Waals surface area contributed by atoms with Gasteiger partial charge in [-0.3, -0.25) is 4.79 Å². The van der Waals surface area contributed by atoms with Crippen LogP contribution in [0.1, 0.15) is 20.3 Å². The Morgan fingerprint density at radius 3 is 2.73 bits per heavy atom. The molecule has 0 heterocycles. The van der Waals surface area contributed by atoms with Crippen molar-refractivity contribution in [2.75, 3.05) is 6.61 Å². The van der Waals surface area contributed by atoms with E-state index in [0.29, 0.717) is 13.0 Å². The highest BCUT2D eigenvalue weighted by atomic mass is 16.5. The number of hydrogen-bond donors (Lipinski definition) is 0.